The van der Waals surface area contributed by atoms with Crippen LogP contribution in [0.4, 0.5) is 4.79 Å². The van der Waals surface area contributed by atoms with Crippen molar-refractivity contribution >= 4 is 12.2 Å². The third-order valence-electron chi connectivity index (χ3n) is 3.79. The quantitative estimate of drug-likeness (QED) is 0.795. The SMILES string of the molecule is Cc1cccc(C=CC2CCN(C(=O)OC(C)(C)C)CC2)c1. The number of aryl methyl sites for hydroxylation is 1. The van der Waals surface area contributed by atoms with Crippen molar-refractivity contribution in [2.75, 3.05) is 13.1 Å². The number of carbonyl (C=O) groups excluding carboxylic acids is 1. The van der Waals surface area contributed by atoms with Crippen molar-refractivity contribution in [2.45, 2.75) is 46.1 Å². The highest BCUT2D eigenvalue weighted by Gasteiger charge is 2.25. The largest absolute Gasteiger partial charge is 0.444 e. The Bertz CT molecular complexity index is 535. The molecule has 1 heterocycles. The Labute approximate surface area is 134 Å². The highest BCUT2D eigenvalue weighted by Crippen LogP contribution is 2.21. The molecule has 2 rings (SSSR count). The van der Waals surface area contributed by atoms with Gasteiger partial charge in [0.25, 0.3) is 0 Å². The van der Waals surface area contributed by atoms with Gasteiger partial charge in [-0.2, -0.15) is 0 Å². The zero-order valence-corrected chi connectivity index (χ0v) is 14.1. The summed E-state index contributed by atoms with van der Waals surface area (Å²) < 4.78 is 5.42. The second kappa shape index (κ2) is 6.99. The molecular weight excluding hydrogens is 274 g/mol. The van der Waals surface area contributed by atoms with Gasteiger partial charge in [-0.15, -0.1) is 0 Å². The summed E-state index contributed by atoms with van der Waals surface area (Å²) in [6.45, 7) is 9.37. The van der Waals surface area contributed by atoms with Gasteiger partial charge in [-0.3, -0.25) is 0 Å². The zero-order valence-electron chi connectivity index (χ0n) is 14.1. The van der Waals surface area contributed by atoms with Gasteiger partial charge >= 0.3 is 6.09 Å². The lowest BCUT2D eigenvalue weighted by molar-refractivity contribution is 0.0197. The predicted octanol–water partition coefficient (Wildman–Crippen LogP) is 4.66. The maximum Gasteiger partial charge on any atom is 0.410 e. The molecule has 1 aromatic rings. The molecule has 0 saturated carbocycles. The minimum atomic E-state index is -0.418. The van der Waals surface area contributed by atoms with Crippen LogP contribution in [0.2, 0.25) is 0 Å². The first-order valence-electron chi connectivity index (χ1n) is 8.06. The summed E-state index contributed by atoms with van der Waals surface area (Å²) in [6, 6.07) is 8.50. The van der Waals surface area contributed by atoms with E-state index < -0.39 is 5.60 Å². The van der Waals surface area contributed by atoms with Gasteiger partial charge < -0.3 is 9.64 Å². The lowest BCUT2D eigenvalue weighted by Crippen LogP contribution is -2.41. The van der Waals surface area contributed by atoms with Gasteiger partial charge in [-0.1, -0.05) is 42.0 Å². The molecule has 22 heavy (non-hydrogen) atoms. The summed E-state index contributed by atoms with van der Waals surface area (Å²) in [7, 11) is 0. The van der Waals surface area contributed by atoms with E-state index in [2.05, 4.69) is 43.3 Å². The third-order valence-corrected chi connectivity index (χ3v) is 3.79. The van der Waals surface area contributed by atoms with Gasteiger partial charge in [0.2, 0.25) is 0 Å². The summed E-state index contributed by atoms with van der Waals surface area (Å²) in [5, 5.41) is 0. The predicted molar refractivity (Wildman–Crippen MR) is 90.7 cm³/mol. The van der Waals surface area contributed by atoms with Gasteiger partial charge in [-0.25, -0.2) is 4.79 Å². The van der Waals surface area contributed by atoms with Crippen molar-refractivity contribution in [1.29, 1.82) is 0 Å². The molecule has 0 unspecified atom stereocenters. The number of piperidine rings is 1. The second-order valence-electron chi connectivity index (χ2n) is 7.08. The van der Waals surface area contributed by atoms with Crippen LogP contribution in [0.3, 0.4) is 0 Å². The standard InChI is InChI=1S/C19H27NO2/c1-15-6-5-7-17(14-15)9-8-16-10-12-20(13-11-16)18(21)22-19(2,3)4/h5-9,14,16H,10-13H2,1-4H3. The number of hydrogen-bond donors (Lipinski definition) is 0. The first-order chi connectivity index (χ1) is 10.3. The molecule has 0 spiro atoms. The molecule has 0 radical (unpaired) electrons. The molecule has 1 aliphatic heterocycles. The van der Waals surface area contributed by atoms with E-state index in [0.29, 0.717) is 5.92 Å². The number of nitrogens with zero attached hydrogens (tertiary/aromatic N) is 1. The Morgan fingerprint density at radius 2 is 1.95 bits per heavy atom. The smallest absolute Gasteiger partial charge is 0.410 e. The third kappa shape index (κ3) is 5.21. The van der Waals surface area contributed by atoms with Crippen LogP contribution >= 0.6 is 0 Å². The summed E-state index contributed by atoms with van der Waals surface area (Å²) >= 11 is 0. The van der Waals surface area contributed by atoms with E-state index in [4.69, 9.17) is 4.74 Å². The Hall–Kier alpha value is -1.77. The van der Waals surface area contributed by atoms with Crippen molar-refractivity contribution in [3.8, 4) is 0 Å². The first-order valence-corrected chi connectivity index (χ1v) is 8.06. The number of likely N-dealkylation sites (tertiary alicyclic amines) is 1. The van der Waals surface area contributed by atoms with Crippen molar-refractivity contribution < 1.29 is 9.53 Å². The Morgan fingerprint density at radius 3 is 2.55 bits per heavy atom. The van der Waals surface area contributed by atoms with E-state index in [-0.39, 0.29) is 6.09 Å². The average molecular weight is 301 g/mol. The number of hydrogen-bond acceptors (Lipinski definition) is 2. The summed E-state index contributed by atoms with van der Waals surface area (Å²) in [6.07, 6.45) is 6.29. The fourth-order valence-corrected chi connectivity index (χ4v) is 2.62. The van der Waals surface area contributed by atoms with E-state index >= 15 is 0 Å². The van der Waals surface area contributed by atoms with Crippen molar-refractivity contribution in [1.82, 2.24) is 4.90 Å². The monoisotopic (exact) mass is 301 g/mol. The Balaban J connectivity index is 1.83. The minimum Gasteiger partial charge on any atom is -0.444 e. The van der Waals surface area contributed by atoms with E-state index in [0.717, 1.165) is 25.9 Å². The van der Waals surface area contributed by atoms with Crippen LogP contribution in [0.5, 0.6) is 0 Å². The zero-order chi connectivity index (χ0) is 16.2. The molecule has 1 aromatic carbocycles. The molecule has 0 atom stereocenters. The molecule has 3 nitrogen and oxygen atoms in total. The topological polar surface area (TPSA) is 29.5 Å². The number of carbonyl (C=O) groups is 1. The number of amides is 1. The van der Waals surface area contributed by atoms with E-state index in [9.17, 15) is 4.79 Å². The van der Waals surface area contributed by atoms with Gasteiger partial charge in [-0.05, 0) is 52.0 Å². The molecule has 1 fully saturated rings. The maximum absolute atomic E-state index is 12.0. The van der Waals surface area contributed by atoms with Gasteiger partial charge in [0.1, 0.15) is 5.60 Å². The molecule has 3 heteroatoms. The number of allylic oxidation sites excluding steroid dienone is 1. The van der Waals surface area contributed by atoms with Gasteiger partial charge in [0.05, 0.1) is 0 Å². The Morgan fingerprint density at radius 1 is 1.27 bits per heavy atom. The highest BCUT2D eigenvalue weighted by molar-refractivity contribution is 5.68. The van der Waals surface area contributed by atoms with Crippen molar-refractivity contribution in [2.24, 2.45) is 5.92 Å². The normalized spacial score (nSPS) is 17.0. The number of benzene rings is 1. The molecule has 0 N–H and O–H groups in total. The van der Waals surface area contributed by atoms with Crippen LogP contribution < -0.4 is 0 Å². The van der Waals surface area contributed by atoms with Crippen LogP contribution in [-0.2, 0) is 4.74 Å². The molecule has 1 aliphatic rings. The van der Waals surface area contributed by atoms with E-state index in [1.54, 1.807) is 0 Å². The highest BCUT2D eigenvalue weighted by atomic mass is 16.6. The minimum absolute atomic E-state index is 0.186. The number of ether oxygens (including phenoxy) is 1. The average Bonchev–Trinajstić information content (AvgIpc) is 2.44. The molecule has 120 valence electrons. The molecule has 1 amide bonds. The summed E-state index contributed by atoms with van der Waals surface area (Å²) in [5.74, 6) is 0.541. The van der Waals surface area contributed by atoms with Gasteiger partial charge in [0.15, 0.2) is 0 Å². The fraction of sp³-hybridized carbons (Fsp3) is 0.526. The molecular formula is C19H27NO2. The van der Waals surface area contributed by atoms with Crippen molar-refractivity contribution in [3.63, 3.8) is 0 Å². The summed E-state index contributed by atoms with van der Waals surface area (Å²) in [5.41, 5.74) is 2.11. The summed E-state index contributed by atoms with van der Waals surface area (Å²) in [4.78, 5) is 13.8. The maximum atomic E-state index is 12.0. The lowest BCUT2D eigenvalue weighted by Gasteiger charge is -2.32. The molecule has 0 aromatic heterocycles. The van der Waals surface area contributed by atoms with E-state index in [1.807, 2.05) is 25.7 Å². The van der Waals surface area contributed by atoms with Crippen molar-refractivity contribution in [3.05, 3.63) is 41.5 Å². The molecule has 0 aliphatic carbocycles. The number of rotatable bonds is 2. The van der Waals surface area contributed by atoms with Crippen LogP contribution in [-0.4, -0.2) is 29.7 Å². The molecule has 1 saturated heterocycles. The Kier molecular flexibility index (Phi) is 5.28. The van der Waals surface area contributed by atoms with Crippen LogP contribution in [0.15, 0.2) is 30.3 Å². The fourth-order valence-electron chi connectivity index (χ4n) is 2.62. The van der Waals surface area contributed by atoms with Crippen LogP contribution in [0.1, 0.15) is 44.7 Å². The second-order valence-corrected chi connectivity index (χ2v) is 7.08. The lowest BCUT2D eigenvalue weighted by atomic mass is 9.95. The van der Waals surface area contributed by atoms with Crippen LogP contribution in [0.25, 0.3) is 6.08 Å². The first kappa shape index (κ1) is 16.6. The van der Waals surface area contributed by atoms with Crippen LogP contribution in [0, 0.1) is 12.8 Å². The van der Waals surface area contributed by atoms with Gasteiger partial charge in [0, 0.05) is 13.1 Å². The molecule has 0 bridgehead atoms. The van der Waals surface area contributed by atoms with E-state index in [1.165, 1.54) is 11.1 Å².